The van der Waals surface area contributed by atoms with Crippen LogP contribution in [0.5, 0.6) is 0 Å². The number of unbranched alkanes of at least 4 members (excludes halogenated alkanes) is 2. The normalized spacial score (nSPS) is 12.1. The highest BCUT2D eigenvalue weighted by Crippen LogP contribution is 2.07. The molecule has 45 heavy (non-hydrogen) atoms. The first-order valence-corrected chi connectivity index (χ1v) is 15.0. The van der Waals surface area contributed by atoms with E-state index in [4.69, 9.17) is 0 Å². The molecule has 4 N–H and O–H groups in total. The lowest BCUT2D eigenvalue weighted by Gasteiger charge is -2.19. The van der Waals surface area contributed by atoms with E-state index in [1.807, 2.05) is 60.7 Å². The fourth-order valence-corrected chi connectivity index (χ4v) is 4.74. The summed E-state index contributed by atoms with van der Waals surface area (Å²) in [6, 6.07) is 24.4. The number of aromatic nitrogens is 2. The van der Waals surface area contributed by atoms with Gasteiger partial charge in [-0.1, -0.05) is 67.1 Å². The molecule has 10 heteroatoms. The molecule has 10 nitrogen and oxygen atoms in total. The lowest BCUT2D eigenvalue weighted by Crippen LogP contribution is -2.48. The molecule has 2 heterocycles. The quantitative estimate of drug-likeness (QED) is 0.142. The highest BCUT2D eigenvalue weighted by molar-refractivity contribution is 6.06. The van der Waals surface area contributed by atoms with Gasteiger partial charge in [0.25, 0.3) is 11.8 Å². The Morgan fingerprint density at radius 2 is 0.889 bits per heavy atom. The van der Waals surface area contributed by atoms with Gasteiger partial charge >= 0.3 is 0 Å². The molecule has 0 aliphatic heterocycles. The first-order chi connectivity index (χ1) is 22.0. The van der Waals surface area contributed by atoms with Gasteiger partial charge in [-0.05, 0) is 74.2 Å². The average molecular weight is 607 g/mol. The van der Waals surface area contributed by atoms with Crippen LogP contribution in [0.2, 0.25) is 0 Å². The summed E-state index contributed by atoms with van der Waals surface area (Å²) < 4.78 is 0. The minimum atomic E-state index is -0.590. The Kier molecular flexibility index (Phi) is 13.1. The summed E-state index contributed by atoms with van der Waals surface area (Å²) in [5, 5.41) is 11.6. The van der Waals surface area contributed by atoms with Gasteiger partial charge in [-0.2, -0.15) is 0 Å². The van der Waals surface area contributed by atoms with Gasteiger partial charge in [-0.15, -0.1) is 0 Å². The molecule has 0 radical (unpaired) electrons. The van der Waals surface area contributed by atoms with Crippen molar-refractivity contribution in [1.29, 1.82) is 0 Å². The van der Waals surface area contributed by atoms with Crippen LogP contribution >= 0.6 is 0 Å². The SMILES string of the molecule is O=C(NC(=O)C(Cc1ccccc1)NCCCCCNC(Cc1ccccc1)C(=O)NC(=O)c1ccncc1)c1ccncc1. The third-order valence-corrected chi connectivity index (χ3v) is 7.19. The lowest BCUT2D eigenvalue weighted by molar-refractivity contribution is -0.123. The van der Waals surface area contributed by atoms with E-state index < -0.39 is 35.7 Å². The Morgan fingerprint density at radius 3 is 1.27 bits per heavy atom. The van der Waals surface area contributed by atoms with Gasteiger partial charge in [0.1, 0.15) is 0 Å². The fraction of sp³-hybridized carbons (Fsp3) is 0.257. The topological polar surface area (TPSA) is 142 Å². The number of benzene rings is 2. The number of carbonyl (C=O) groups excluding carboxylic acids is 4. The van der Waals surface area contributed by atoms with Gasteiger partial charge in [0, 0.05) is 35.9 Å². The monoisotopic (exact) mass is 606 g/mol. The van der Waals surface area contributed by atoms with Gasteiger partial charge < -0.3 is 10.6 Å². The summed E-state index contributed by atoms with van der Waals surface area (Å²) in [4.78, 5) is 59.1. The van der Waals surface area contributed by atoms with Crippen LogP contribution in [-0.4, -0.2) is 58.8 Å². The maximum absolute atomic E-state index is 13.1. The minimum absolute atomic E-state index is 0.366. The molecule has 0 aliphatic rings. The average Bonchev–Trinajstić information content (AvgIpc) is 3.08. The predicted molar refractivity (Wildman–Crippen MR) is 171 cm³/mol. The number of hydrogen-bond donors (Lipinski definition) is 4. The van der Waals surface area contributed by atoms with Gasteiger partial charge in [0.05, 0.1) is 12.1 Å². The molecule has 2 aromatic carbocycles. The summed E-state index contributed by atoms with van der Waals surface area (Å²) in [5.74, 6) is -1.72. The van der Waals surface area contributed by atoms with Crippen LogP contribution in [0.4, 0.5) is 0 Å². The Bertz CT molecular complexity index is 1390. The smallest absolute Gasteiger partial charge is 0.257 e. The third-order valence-electron chi connectivity index (χ3n) is 7.19. The van der Waals surface area contributed by atoms with Gasteiger partial charge in [0.2, 0.25) is 11.8 Å². The van der Waals surface area contributed by atoms with Crippen molar-refractivity contribution in [2.24, 2.45) is 0 Å². The molecular weight excluding hydrogens is 568 g/mol. The van der Waals surface area contributed by atoms with E-state index >= 15 is 0 Å². The van der Waals surface area contributed by atoms with Crippen molar-refractivity contribution in [1.82, 2.24) is 31.2 Å². The zero-order valence-electron chi connectivity index (χ0n) is 25.0. The fourth-order valence-electron chi connectivity index (χ4n) is 4.74. The molecule has 0 bridgehead atoms. The van der Waals surface area contributed by atoms with E-state index in [-0.39, 0.29) is 0 Å². The second kappa shape index (κ2) is 17.9. The first-order valence-electron chi connectivity index (χ1n) is 15.0. The summed E-state index contributed by atoms with van der Waals surface area (Å²) in [7, 11) is 0. The van der Waals surface area contributed by atoms with E-state index in [2.05, 4.69) is 31.2 Å². The second-order valence-electron chi connectivity index (χ2n) is 10.6. The number of pyridine rings is 2. The number of nitrogens with zero attached hydrogens (tertiary/aromatic N) is 2. The molecule has 4 amide bonds. The van der Waals surface area contributed by atoms with Crippen LogP contribution < -0.4 is 21.3 Å². The molecule has 4 aromatic rings. The van der Waals surface area contributed by atoms with Crippen LogP contribution in [0.1, 0.15) is 51.1 Å². The molecule has 2 unspecified atom stereocenters. The van der Waals surface area contributed by atoms with Crippen LogP contribution in [0.25, 0.3) is 0 Å². The van der Waals surface area contributed by atoms with Crippen LogP contribution in [-0.2, 0) is 22.4 Å². The summed E-state index contributed by atoms with van der Waals surface area (Å²) in [5.41, 5.74) is 2.70. The maximum Gasteiger partial charge on any atom is 0.257 e. The summed E-state index contributed by atoms with van der Waals surface area (Å²) in [6.07, 6.45) is 9.31. The van der Waals surface area contributed by atoms with Crippen molar-refractivity contribution < 1.29 is 19.2 Å². The standard InChI is InChI=1S/C35H38N6O4/c42-32(28-14-20-36-21-15-28)40-34(44)30(24-26-10-4-1-5-11-26)38-18-8-3-9-19-39-31(25-27-12-6-2-7-13-27)35(45)41-33(43)29-16-22-37-23-17-29/h1-2,4-7,10-17,20-23,30-31,38-39H,3,8-9,18-19,24-25H2,(H,40,42,44)(H,41,43,45). The zero-order chi connectivity index (χ0) is 31.7. The molecule has 4 rings (SSSR count). The van der Waals surface area contributed by atoms with Gasteiger partial charge in [0.15, 0.2) is 0 Å². The molecule has 0 aliphatic carbocycles. The lowest BCUT2D eigenvalue weighted by atomic mass is 10.0. The highest BCUT2D eigenvalue weighted by Gasteiger charge is 2.22. The predicted octanol–water partition coefficient (Wildman–Crippen LogP) is 3.26. The Labute approximate surface area is 263 Å². The van der Waals surface area contributed by atoms with Gasteiger partial charge in [-0.3, -0.25) is 39.8 Å². The zero-order valence-corrected chi connectivity index (χ0v) is 25.0. The van der Waals surface area contributed by atoms with E-state index in [0.29, 0.717) is 37.1 Å². The summed E-state index contributed by atoms with van der Waals surface area (Å²) >= 11 is 0. The molecule has 0 fully saturated rings. The van der Waals surface area contributed by atoms with E-state index in [9.17, 15) is 19.2 Å². The minimum Gasteiger partial charge on any atom is -0.306 e. The molecule has 0 spiro atoms. The second-order valence-corrected chi connectivity index (χ2v) is 10.6. The Balaban J connectivity index is 1.25. The van der Waals surface area contributed by atoms with Crippen LogP contribution in [0, 0.1) is 0 Å². The largest absolute Gasteiger partial charge is 0.306 e. The van der Waals surface area contributed by atoms with Crippen molar-refractivity contribution in [2.45, 2.75) is 44.2 Å². The number of nitrogens with one attached hydrogen (secondary N) is 4. The number of rotatable bonds is 16. The number of carbonyl (C=O) groups is 4. The van der Waals surface area contributed by atoms with E-state index in [1.54, 1.807) is 24.3 Å². The Hall–Kier alpha value is -5.06. The van der Waals surface area contributed by atoms with Crippen LogP contribution in [0.15, 0.2) is 110 Å². The molecule has 0 saturated carbocycles. The number of imide groups is 2. The molecule has 2 aromatic heterocycles. The summed E-state index contributed by atoms with van der Waals surface area (Å²) in [6.45, 7) is 1.14. The molecule has 2 atom stereocenters. The molecule has 232 valence electrons. The van der Waals surface area contributed by atoms with E-state index in [1.165, 1.54) is 24.8 Å². The maximum atomic E-state index is 13.1. The van der Waals surface area contributed by atoms with E-state index in [0.717, 1.165) is 30.4 Å². The first kappa shape index (κ1) is 32.8. The van der Waals surface area contributed by atoms with Gasteiger partial charge in [-0.25, -0.2) is 0 Å². The van der Waals surface area contributed by atoms with Crippen molar-refractivity contribution in [3.05, 3.63) is 132 Å². The molecule has 0 saturated heterocycles. The van der Waals surface area contributed by atoms with Crippen molar-refractivity contribution in [2.75, 3.05) is 13.1 Å². The number of amides is 4. The van der Waals surface area contributed by atoms with Crippen molar-refractivity contribution in [3.63, 3.8) is 0 Å². The third kappa shape index (κ3) is 11.2. The Morgan fingerprint density at radius 1 is 0.511 bits per heavy atom. The van der Waals surface area contributed by atoms with Crippen molar-refractivity contribution >= 4 is 23.6 Å². The number of hydrogen-bond acceptors (Lipinski definition) is 8. The van der Waals surface area contributed by atoms with Crippen LogP contribution in [0.3, 0.4) is 0 Å². The molecular formula is C35H38N6O4. The van der Waals surface area contributed by atoms with Crippen molar-refractivity contribution in [3.8, 4) is 0 Å². The highest BCUT2D eigenvalue weighted by atomic mass is 16.2.